The molecule has 0 aliphatic carbocycles. The minimum absolute atomic E-state index is 0. The summed E-state index contributed by atoms with van der Waals surface area (Å²) < 4.78 is 0. The third-order valence-electron chi connectivity index (χ3n) is 2.18. The van der Waals surface area contributed by atoms with Crippen LogP contribution in [0.25, 0.3) is 5.32 Å². The Morgan fingerprint density at radius 1 is 1.00 bits per heavy atom. The van der Waals surface area contributed by atoms with Crippen LogP contribution in [0.4, 0.5) is 0 Å². The van der Waals surface area contributed by atoms with Gasteiger partial charge in [0.2, 0.25) is 0 Å². The van der Waals surface area contributed by atoms with E-state index in [1.54, 1.807) is 0 Å². The zero-order valence-corrected chi connectivity index (χ0v) is 10.6. The van der Waals surface area contributed by atoms with Gasteiger partial charge in [0.15, 0.2) is 0 Å². The Bertz CT molecular complexity index is 124. The summed E-state index contributed by atoms with van der Waals surface area (Å²) >= 11 is 0. The van der Waals surface area contributed by atoms with Gasteiger partial charge in [0, 0.05) is 22.6 Å². The Morgan fingerprint density at radius 2 is 1.36 bits per heavy atom. The van der Waals surface area contributed by atoms with Gasteiger partial charge in [0.25, 0.3) is 0 Å². The van der Waals surface area contributed by atoms with Gasteiger partial charge in [-0.15, -0.1) is 11.1 Å². The molecular weight excluding hydrogens is 192 g/mol. The predicted octanol–water partition coefficient (Wildman–Crippen LogP) is 3.21. The van der Waals surface area contributed by atoms with E-state index in [1.165, 1.54) is 19.3 Å². The first-order valence-corrected chi connectivity index (χ1v) is 4.15. The second-order valence-electron chi connectivity index (χ2n) is 4.59. The average molecular weight is 214 g/mol. The molecule has 67 valence electrons. The van der Waals surface area contributed by atoms with Crippen molar-refractivity contribution in [2.75, 3.05) is 0 Å². The maximum Gasteiger partial charge on any atom is 0 e. The predicted molar refractivity (Wildman–Crippen MR) is 55.4 cm³/mol. The molecule has 3 radical (unpaired) electrons. The quantitative estimate of drug-likeness (QED) is 0.549. The second-order valence-corrected chi connectivity index (χ2v) is 4.59. The zero-order valence-electron chi connectivity index (χ0n) is 8.15. The van der Waals surface area contributed by atoms with Gasteiger partial charge >= 0.3 is 0 Å². The van der Waals surface area contributed by atoms with Crippen LogP contribution < -0.4 is 0 Å². The Kier molecular flexibility index (Phi) is 3.73. The summed E-state index contributed by atoms with van der Waals surface area (Å²) in [6.07, 6.45) is 3.86. The molecule has 1 heterocycles. The molecule has 0 atom stereocenters. The van der Waals surface area contributed by atoms with Crippen LogP contribution >= 0.6 is 0 Å². The van der Waals surface area contributed by atoms with Gasteiger partial charge in [-0.1, -0.05) is 47.0 Å². The fraction of sp³-hybridized carbons (Fsp3) is 1.00. The van der Waals surface area contributed by atoms with Gasteiger partial charge < -0.3 is 5.32 Å². The molecule has 0 aromatic carbocycles. The van der Waals surface area contributed by atoms with Crippen LogP contribution in [0.5, 0.6) is 0 Å². The number of piperidine rings is 1. The normalized spacial score (nSPS) is 27.3. The smallest absolute Gasteiger partial charge is 0 e. The van der Waals surface area contributed by atoms with Crippen LogP contribution in [0.2, 0.25) is 0 Å². The van der Waals surface area contributed by atoms with Crippen LogP contribution in [-0.2, 0) is 0 Å². The molecule has 1 nitrogen and oxygen atoms in total. The molecule has 1 rings (SSSR count). The SMILES string of the molecule is CC1(C)CCCC(C)(C)[N-]1.[Ga].[HH].[HH]. The van der Waals surface area contributed by atoms with E-state index in [-0.39, 0.29) is 33.7 Å². The van der Waals surface area contributed by atoms with Gasteiger partial charge in [-0.3, -0.25) is 0 Å². The maximum absolute atomic E-state index is 4.75. The molecule has 0 bridgehead atoms. The molecule has 1 aliphatic rings. The minimum atomic E-state index is 0. The van der Waals surface area contributed by atoms with E-state index in [9.17, 15) is 0 Å². The van der Waals surface area contributed by atoms with Gasteiger partial charge in [-0.05, 0) is 0 Å². The fourth-order valence-electron chi connectivity index (χ4n) is 1.88. The number of hydrogen-bond donors (Lipinski definition) is 0. The van der Waals surface area contributed by atoms with Crippen molar-refractivity contribution in [2.24, 2.45) is 0 Å². The van der Waals surface area contributed by atoms with Crippen LogP contribution in [0.15, 0.2) is 0 Å². The molecule has 0 amide bonds. The fourth-order valence-corrected chi connectivity index (χ4v) is 1.88. The van der Waals surface area contributed by atoms with Crippen molar-refractivity contribution in [3.05, 3.63) is 5.32 Å². The van der Waals surface area contributed by atoms with E-state index >= 15 is 0 Å². The number of nitrogens with zero attached hydrogens (tertiary/aromatic N) is 1. The van der Waals surface area contributed by atoms with Crippen molar-refractivity contribution in [3.63, 3.8) is 0 Å². The Labute approximate surface area is 86.4 Å². The topological polar surface area (TPSA) is 14.1 Å². The van der Waals surface area contributed by atoms with E-state index in [0.29, 0.717) is 0 Å². The molecule has 0 saturated carbocycles. The van der Waals surface area contributed by atoms with Gasteiger partial charge in [-0.25, -0.2) is 0 Å². The second kappa shape index (κ2) is 3.54. The molecule has 0 spiro atoms. The van der Waals surface area contributed by atoms with E-state index < -0.39 is 0 Å². The Hall–Kier alpha value is 0.596. The summed E-state index contributed by atoms with van der Waals surface area (Å²) in [5.41, 5.74) is 0.476. The average Bonchev–Trinajstić information content (AvgIpc) is 1.56. The monoisotopic (exact) mass is 213 g/mol. The molecule has 0 aromatic rings. The van der Waals surface area contributed by atoms with Crippen molar-refractivity contribution in [2.45, 2.75) is 58.0 Å². The van der Waals surface area contributed by atoms with Gasteiger partial charge in [0.05, 0.1) is 0 Å². The third-order valence-corrected chi connectivity index (χ3v) is 2.18. The van der Waals surface area contributed by atoms with Crippen molar-refractivity contribution in [1.29, 1.82) is 0 Å². The largest absolute Gasteiger partial charge is 0.652 e. The summed E-state index contributed by atoms with van der Waals surface area (Å²) in [5, 5.41) is 4.75. The molecule has 0 aromatic heterocycles. The van der Waals surface area contributed by atoms with E-state index in [4.69, 9.17) is 5.32 Å². The summed E-state index contributed by atoms with van der Waals surface area (Å²) in [5.74, 6) is 0. The van der Waals surface area contributed by atoms with E-state index in [0.717, 1.165) is 0 Å². The number of rotatable bonds is 0. The molecule has 0 N–H and O–H groups in total. The molecule has 11 heavy (non-hydrogen) atoms. The number of hydrogen-bond acceptors (Lipinski definition) is 0. The molecular formula is C9H22GaN-. The van der Waals surface area contributed by atoms with Gasteiger partial charge in [-0.2, -0.15) is 0 Å². The van der Waals surface area contributed by atoms with E-state index in [1.807, 2.05) is 0 Å². The molecule has 1 aliphatic heterocycles. The Balaban J connectivity index is -0.000000333. The third kappa shape index (κ3) is 3.68. The van der Waals surface area contributed by atoms with Crippen molar-refractivity contribution in [1.82, 2.24) is 0 Å². The summed E-state index contributed by atoms with van der Waals surface area (Å²) in [4.78, 5) is 0. The first kappa shape index (κ1) is 11.6. The standard InChI is InChI=1S/C9H18N.Ga.2H2/c1-8(2)6-5-7-9(3,4)10-8;;;/h5-7H2,1-4H3;;2*1H/q-1;;;. The molecule has 0 unspecified atom stereocenters. The van der Waals surface area contributed by atoms with E-state index in [2.05, 4.69) is 27.7 Å². The van der Waals surface area contributed by atoms with Crippen molar-refractivity contribution in [3.8, 4) is 0 Å². The molecule has 1 saturated heterocycles. The van der Waals surface area contributed by atoms with Gasteiger partial charge in [0.1, 0.15) is 0 Å². The van der Waals surface area contributed by atoms with Crippen LogP contribution in [-0.4, -0.2) is 30.9 Å². The first-order chi connectivity index (χ1) is 4.41. The first-order valence-electron chi connectivity index (χ1n) is 4.15. The van der Waals surface area contributed by atoms with Crippen LogP contribution in [0.3, 0.4) is 0 Å². The maximum atomic E-state index is 4.75. The molecule has 2 heteroatoms. The summed E-state index contributed by atoms with van der Waals surface area (Å²) in [6, 6.07) is 0. The molecule has 1 fully saturated rings. The Morgan fingerprint density at radius 3 is 1.55 bits per heavy atom. The summed E-state index contributed by atoms with van der Waals surface area (Å²) in [6.45, 7) is 8.92. The zero-order chi connectivity index (χ0) is 7.83. The summed E-state index contributed by atoms with van der Waals surface area (Å²) in [7, 11) is 0. The van der Waals surface area contributed by atoms with Crippen molar-refractivity contribution < 1.29 is 2.85 Å². The van der Waals surface area contributed by atoms with Crippen LogP contribution in [0.1, 0.15) is 49.8 Å². The van der Waals surface area contributed by atoms with Crippen molar-refractivity contribution >= 4 is 19.8 Å². The van der Waals surface area contributed by atoms with Crippen LogP contribution in [0, 0.1) is 0 Å². The minimum Gasteiger partial charge on any atom is -0.652 e.